The summed E-state index contributed by atoms with van der Waals surface area (Å²) in [5, 5.41) is 0. The van der Waals surface area contributed by atoms with Gasteiger partial charge in [0.2, 0.25) is 0 Å². The average Bonchev–Trinajstić information content (AvgIpc) is 2.82. The summed E-state index contributed by atoms with van der Waals surface area (Å²) >= 11 is 0. The van der Waals surface area contributed by atoms with Gasteiger partial charge in [-0.25, -0.2) is 0 Å². The van der Waals surface area contributed by atoms with Crippen molar-refractivity contribution in [3.05, 3.63) is 35.9 Å². The maximum absolute atomic E-state index is 2.45. The molecule has 1 nitrogen and oxygen atoms in total. The van der Waals surface area contributed by atoms with Gasteiger partial charge >= 0.3 is 0 Å². The lowest BCUT2D eigenvalue weighted by Crippen LogP contribution is -3.00. The Morgan fingerprint density at radius 1 is 0.457 bits per heavy atom. The van der Waals surface area contributed by atoms with Gasteiger partial charge in [0.1, 0.15) is 0 Å². The minimum atomic E-state index is 0. The average molecular weight is 555 g/mol. The molecule has 1 aromatic rings. The molecule has 1 rings (SSSR count). The second kappa shape index (κ2) is 28.2. The van der Waals surface area contributed by atoms with Gasteiger partial charge in [-0.3, -0.25) is 0 Å². The number of hydrogen-bond donors (Lipinski definition) is 0. The Balaban J connectivity index is 0. The first kappa shape index (κ1) is 36.8. The summed E-state index contributed by atoms with van der Waals surface area (Å²) in [6.45, 7) is 9.45. The molecule has 0 aliphatic rings. The summed E-state index contributed by atoms with van der Waals surface area (Å²) in [6, 6.07) is 10.3. The van der Waals surface area contributed by atoms with Crippen molar-refractivity contribution in [1.29, 1.82) is 0 Å². The van der Waals surface area contributed by atoms with Crippen LogP contribution in [-0.4, -0.2) is 31.7 Å². The first-order chi connectivity index (χ1) is 16.5. The molecule has 2 heteroatoms. The van der Waals surface area contributed by atoms with Crippen molar-refractivity contribution in [3.63, 3.8) is 0 Å². The number of aryl methyl sites for hydroxylation is 1. The number of halogens is 1. The third-order valence-corrected chi connectivity index (χ3v) is 7.17. The SMILES string of the molecule is CCCCCCCCCCCC[N+](C)(C)CCCCCCCCCCCC.Cc1ccccc1.[Br-]. The minimum absolute atomic E-state index is 0. The van der Waals surface area contributed by atoms with Crippen molar-refractivity contribution in [3.8, 4) is 0 Å². The van der Waals surface area contributed by atoms with Crippen LogP contribution in [0.4, 0.5) is 0 Å². The molecule has 0 aliphatic heterocycles. The molecule has 0 saturated heterocycles. The van der Waals surface area contributed by atoms with E-state index in [9.17, 15) is 0 Å². The molecule has 0 N–H and O–H groups in total. The molecule has 0 radical (unpaired) electrons. The monoisotopic (exact) mass is 553 g/mol. The molecule has 35 heavy (non-hydrogen) atoms. The fourth-order valence-corrected chi connectivity index (χ4v) is 4.70. The van der Waals surface area contributed by atoms with Gasteiger partial charge < -0.3 is 21.5 Å². The molecule has 0 heterocycles. The maximum Gasteiger partial charge on any atom is 0.0782 e. The van der Waals surface area contributed by atoms with Crippen LogP contribution in [-0.2, 0) is 0 Å². The highest BCUT2D eigenvalue weighted by Crippen LogP contribution is 2.14. The van der Waals surface area contributed by atoms with Crippen LogP contribution < -0.4 is 17.0 Å². The lowest BCUT2D eigenvalue weighted by molar-refractivity contribution is -0.890. The van der Waals surface area contributed by atoms with Gasteiger partial charge in [-0.15, -0.1) is 0 Å². The first-order valence-electron chi connectivity index (χ1n) is 15.4. The molecule has 0 fully saturated rings. The van der Waals surface area contributed by atoms with Gasteiger partial charge in [0.25, 0.3) is 0 Å². The second-order valence-corrected chi connectivity index (χ2v) is 11.4. The molecule has 0 unspecified atom stereocenters. The number of rotatable bonds is 22. The maximum atomic E-state index is 2.45. The highest BCUT2D eigenvalue weighted by molar-refractivity contribution is 5.11. The first-order valence-corrected chi connectivity index (χ1v) is 15.4. The van der Waals surface area contributed by atoms with E-state index in [1.54, 1.807) is 0 Å². The van der Waals surface area contributed by atoms with E-state index in [2.05, 4.69) is 47.0 Å². The molecule has 0 spiro atoms. The van der Waals surface area contributed by atoms with Crippen LogP contribution in [0.2, 0.25) is 0 Å². The topological polar surface area (TPSA) is 0 Å². The Kier molecular flexibility index (Phi) is 29.7. The van der Waals surface area contributed by atoms with E-state index in [1.807, 2.05) is 18.2 Å². The van der Waals surface area contributed by atoms with Crippen molar-refractivity contribution in [1.82, 2.24) is 0 Å². The molecular formula is C33H64BrN. The van der Waals surface area contributed by atoms with Gasteiger partial charge in [0.05, 0.1) is 27.2 Å². The van der Waals surface area contributed by atoms with Gasteiger partial charge in [-0.1, -0.05) is 152 Å². The van der Waals surface area contributed by atoms with E-state index in [4.69, 9.17) is 0 Å². The van der Waals surface area contributed by atoms with Crippen LogP contribution in [0, 0.1) is 6.92 Å². The van der Waals surface area contributed by atoms with Crippen LogP contribution in [0.3, 0.4) is 0 Å². The molecule has 0 aromatic heterocycles. The fourth-order valence-electron chi connectivity index (χ4n) is 4.70. The molecule has 0 aliphatic carbocycles. The molecule has 0 atom stereocenters. The summed E-state index contributed by atoms with van der Waals surface area (Å²) in [6.07, 6.45) is 29.0. The summed E-state index contributed by atoms with van der Waals surface area (Å²) in [4.78, 5) is 0. The summed E-state index contributed by atoms with van der Waals surface area (Å²) < 4.78 is 1.24. The Morgan fingerprint density at radius 2 is 0.743 bits per heavy atom. The zero-order valence-corrected chi connectivity index (χ0v) is 26.4. The van der Waals surface area contributed by atoms with Crippen molar-refractivity contribution >= 4 is 0 Å². The smallest absolute Gasteiger partial charge is 0.0782 e. The van der Waals surface area contributed by atoms with Crippen LogP contribution >= 0.6 is 0 Å². The van der Waals surface area contributed by atoms with Gasteiger partial charge in [-0.05, 0) is 32.6 Å². The lowest BCUT2D eigenvalue weighted by Gasteiger charge is -2.30. The molecule has 1 aromatic carbocycles. The fraction of sp³-hybridized carbons (Fsp3) is 0.818. The normalized spacial score (nSPS) is 11.0. The zero-order chi connectivity index (χ0) is 25.2. The van der Waals surface area contributed by atoms with Gasteiger partial charge in [0.15, 0.2) is 0 Å². The summed E-state index contributed by atoms with van der Waals surface area (Å²) in [5.41, 5.74) is 1.32. The number of unbranched alkanes of at least 4 members (excludes halogenated alkanes) is 18. The largest absolute Gasteiger partial charge is 1.00 e. The van der Waals surface area contributed by atoms with Crippen LogP contribution in [0.1, 0.15) is 148 Å². The van der Waals surface area contributed by atoms with Gasteiger partial charge in [-0.2, -0.15) is 0 Å². The van der Waals surface area contributed by atoms with Crippen molar-refractivity contribution < 1.29 is 21.5 Å². The molecular weight excluding hydrogens is 490 g/mol. The number of hydrogen-bond acceptors (Lipinski definition) is 0. The van der Waals surface area contributed by atoms with E-state index >= 15 is 0 Å². The predicted molar refractivity (Wildman–Crippen MR) is 157 cm³/mol. The molecule has 0 bridgehead atoms. The molecule has 208 valence electrons. The second-order valence-electron chi connectivity index (χ2n) is 11.4. The van der Waals surface area contributed by atoms with Crippen molar-refractivity contribution in [2.45, 2.75) is 149 Å². The van der Waals surface area contributed by atoms with E-state index < -0.39 is 0 Å². The number of nitrogens with zero attached hydrogens (tertiary/aromatic N) is 1. The number of benzene rings is 1. The summed E-state index contributed by atoms with van der Waals surface area (Å²) in [7, 11) is 4.89. The Hall–Kier alpha value is -0.340. The number of quaternary nitrogens is 1. The Labute approximate surface area is 233 Å². The van der Waals surface area contributed by atoms with Gasteiger partial charge in [0, 0.05) is 0 Å². The minimum Gasteiger partial charge on any atom is -1.00 e. The van der Waals surface area contributed by atoms with E-state index in [0.717, 1.165) is 0 Å². The summed E-state index contributed by atoms with van der Waals surface area (Å²) in [5.74, 6) is 0. The van der Waals surface area contributed by atoms with E-state index in [-0.39, 0.29) is 17.0 Å². The van der Waals surface area contributed by atoms with Crippen LogP contribution in [0.5, 0.6) is 0 Å². The van der Waals surface area contributed by atoms with Crippen LogP contribution in [0.25, 0.3) is 0 Å². The highest BCUT2D eigenvalue weighted by atomic mass is 79.9. The molecule has 0 saturated carbocycles. The zero-order valence-electron chi connectivity index (χ0n) is 24.8. The quantitative estimate of drug-likeness (QED) is 0.101. The predicted octanol–water partition coefficient (Wildman–Crippen LogP) is 7.90. The standard InChI is InChI=1S/C26H56N.C7H8.BrH/c1-5-7-9-11-13-15-17-19-21-23-25-27(3,4)26-24-22-20-18-16-14-12-10-8-6-2;1-7-5-3-2-4-6-7;/h5-26H2,1-4H3;2-6H,1H3;1H/q+1;;/p-1. The molecule has 0 amide bonds. The van der Waals surface area contributed by atoms with Crippen molar-refractivity contribution in [2.75, 3.05) is 27.2 Å². The van der Waals surface area contributed by atoms with E-state index in [1.165, 1.54) is 152 Å². The van der Waals surface area contributed by atoms with Crippen molar-refractivity contribution in [2.24, 2.45) is 0 Å². The van der Waals surface area contributed by atoms with E-state index in [0.29, 0.717) is 0 Å². The van der Waals surface area contributed by atoms with Crippen LogP contribution in [0.15, 0.2) is 30.3 Å². The Morgan fingerprint density at radius 3 is 1.00 bits per heavy atom. The third kappa shape index (κ3) is 29.8. The highest BCUT2D eigenvalue weighted by Gasteiger charge is 2.13. The third-order valence-electron chi connectivity index (χ3n) is 7.17. The Bertz CT molecular complexity index is 473. The lowest BCUT2D eigenvalue weighted by atomic mass is 10.1.